The number of carbonyl (C=O) groups excluding carboxylic acids is 2. The lowest BCUT2D eigenvalue weighted by Crippen LogP contribution is -2.50. The van der Waals surface area contributed by atoms with E-state index in [0.717, 1.165) is 0 Å². The van der Waals surface area contributed by atoms with Gasteiger partial charge in [-0.3, -0.25) is 0 Å². The zero-order chi connectivity index (χ0) is 12.7. The monoisotopic (exact) mass is 246 g/mol. The summed E-state index contributed by atoms with van der Waals surface area (Å²) in [6, 6.07) is 0. The molecule has 0 aromatic carbocycles. The van der Waals surface area contributed by atoms with Crippen LogP contribution in [-0.4, -0.2) is 61.7 Å². The van der Waals surface area contributed by atoms with Gasteiger partial charge in [0, 0.05) is 0 Å². The number of ether oxygens (including phenoxy) is 3. The van der Waals surface area contributed by atoms with Crippen molar-refractivity contribution in [2.75, 3.05) is 39.5 Å². The molecule has 7 nitrogen and oxygen atoms in total. The number of carbonyl (C=O) groups is 2. The van der Waals surface area contributed by atoms with Crippen LogP contribution in [0.1, 0.15) is 13.8 Å². The van der Waals surface area contributed by atoms with E-state index in [1.54, 1.807) is 13.8 Å². The van der Waals surface area contributed by atoms with Gasteiger partial charge in [0.2, 0.25) is 0 Å². The van der Waals surface area contributed by atoms with E-state index in [2.05, 4.69) is 0 Å². The van der Waals surface area contributed by atoms with Gasteiger partial charge in [0.15, 0.2) is 0 Å². The predicted octanol–water partition coefficient (Wildman–Crippen LogP) is 0.849. The Labute approximate surface area is 100 Å². The molecule has 0 aromatic heterocycles. The third-order valence-corrected chi connectivity index (χ3v) is 2.14. The number of hydrogen-bond donors (Lipinski definition) is 0. The zero-order valence-electron chi connectivity index (χ0n) is 10.2. The Morgan fingerprint density at radius 2 is 1.41 bits per heavy atom. The van der Waals surface area contributed by atoms with Crippen LogP contribution in [0.3, 0.4) is 0 Å². The maximum atomic E-state index is 11.7. The molecule has 0 aromatic rings. The summed E-state index contributed by atoms with van der Waals surface area (Å²) in [5.74, 6) is 0. The van der Waals surface area contributed by atoms with Crippen molar-refractivity contribution in [3.8, 4) is 0 Å². The first-order chi connectivity index (χ1) is 8.20. The van der Waals surface area contributed by atoms with Crippen molar-refractivity contribution in [2.24, 2.45) is 0 Å². The summed E-state index contributed by atoms with van der Waals surface area (Å²) in [5, 5.41) is 2.43. The molecule has 7 heteroatoms. The van der Waals surface area contributed by atoms with Gasteiger partial charge >= 0.3 is 12.2 Å². The quantitative estimate of drug-likeness (QED) is 0.722. The van der Waals surface area contributed by atoms with Crippen LogP contribution in [0, 0.1) is 0 Å². The second-order valence-corrected chi connectivity index (χ2v) is 3.26. The van der Waals surface area contributed by atoms with E-state index in [1.165, 1.54) is 10.0 Å². The molecule has 1 aliphatic rings. The maximum Gasteiger partial charge on any atom is 0.429 e. The van der Waals surface area contributed by atoms with E-state index < -0.39 is 12.2 Å². The lowest BCUT2D eigenvalue weighted by molar-refractivity contribution is -0.0119. The average molecular weight is 246 g/mol. The Bertz CT molecular complexity index is 245. The molecule has 0 unspecified atom stereocenters. The Kier molecular flexibility index (Phi) is 5.55. The smallest absolute Gasteiger partial charge is 0.429 e. The molecule has 17 heavy (non-hydrogen) atoms. The maximum absolute atomic E-state index is 11.7. The third kappa shape index (κ3) is 3.77. The van der Waals surface area contributed by atoms with Crippen LogP contribution in [-0.2, 0) is 14.2 Å². The van der Waals surface area contributed by atoms with Gasteiger partial charge in [-0.1, -0.05) is 0 Å². The number of hydrogen-bond acceptors (Lipinski definition) is 5. The first-order valence-corrected chi connectivity index (χ1v) is 5.67. The summed E-state index contributed by atoms with van der Waals surface area (Å²) in [6.45, 7) is 5.22. The number of hydrazine groups is 1. The van der Waals surface area contributed by atoms with E-state index in [4.69, 9.17) is 14.2 Å². The fraction of sp³-hybridized carbons (Fsp3) is 0.800. The minimum Gasteiger partial charge on any atom is -0.448 e. The van der Waals surface area contributed by atoms with E-state index in [9.17, 15) is 9.59 Å². The van der Waals surface area contributed by atoms with Gasteiger partial charge < -0.3 is 14.2 Å². The van der Waals surface area contributed by atoms with Crippen LogP contribution < -0.4 is 0 Å². The lowest BCUT2D eigenvalue weighted by Gasteiger charge is -2.30. The lowest BCUT2D eigenvalue weighted by atomic mass is 10.6. The molecule has 1 heterocycles. The highest BCUT2D eigenvalue weighted by atomic mass is 16.6. The third-order valence-electron chi connectivity index (χ3n) is 2.14. The van der Waals surface area contributed by atoms with Crippen molar-refractivity contribution in [3.63, 3.8) is 0 Å². The molecular weight excluding hydrogens is 228 g/mol. The van der Waals surface area contributed by atoms with Crippen LogP contribution in [0.5, 0.6) is 0 Å². The van der Waals surface area contributed by atoms with Crippen molar-refractivity contribution in [2.45, 2.75) is 13.8 Å². The molecule has 0 N–H and O–H groups in total. The van der Waals surface area contributed by atoms with Crippen LogP contribution in [0.4, 0.5) is 9.59 Å². The molecule has 98 valence electrons. The summed E-state index contributed by atoms with van der Waals surface area (Å²) >= 11 is 0. The molecule has 1 saturated heterocycles. The first-order valence-electron chi connectivity index (χ1n) is 5.67. The van der Waals surface area contributed by atoms with E-state index in [-0.39, 0.29) is 26.3 Å². The van der Waals surface area contributed by atoms with E-state index in [1.807, 2.05) is 0 Å². The Balaban J connectivity index is 2.71. The van der Waals surface area contributed by atoms with Gasteiger partial charge in [0.1, 0.15) is 0 Å². The minimum atomic E-state index is -0.564. The van der Waals surface area contributed by atoms with Crippen molar-refractivity contribution >= 4 is 12.2 Å². The largest absolute Gasteiger partial charge is 0.448 e. The van der Waals surface area contributed by atoms with Gasteiger partial charge in [-0.15, -0.1) is 0 Å². The van der Waals surface area contributed by atoms with Crippen LogP contribution in [0.2, 0.25) is 0 Å². The van der Waals surface area contributed by atoms with Gasteiger partial charge in [0.25, 0.3) is 0 Å². The summed E-state index contributed by atoms with van der Waals surface area (Å²) < 4.78 is 15.0. The Morgan fingerprint density at radius 3 is 1.76 bits per heavy atom. The molecule has 1 fully saturated rings. The van der Waals surface area contributed by atoms with Crippen molar-refractivity contribution < 1.29 is 23.8 Å². The van der Waals surface area contributed by atoms with Crippen LogP contribution in [0.25, 0.3) is 0 Å². The molecule has 0 bridgehead atoms. The van der Waals surface area contributed by atoms with Gasteiger partial charge in [-0.05, 0) is 13.8 Å². The summed E-state index contributed by atoms with van der Waals surface area (Å²) in [5.41, 5.74) is 0. The molecule has 0 aliphatic carbocycles. The Hall–Kier alpha value is -1.50. The molecule has 1 rings (SSSR count). The van der Waals surface area contributed by atoms with Crippen molar-refractivity contribution in [1.82, 2.24) is 10.0 Å². The predicted molar refractivity (Wildman–Crippen MR) is 58.3 cm³/mol. The molecule has 0 saturated carbocycles. The average Bonchev–Trinajstić information content (AvgIpc) is 2.54. The van der Waals surface area contributed by atoms with Gasteiger partial charge in [-0.25, -0.2) is 19.6 Å². The van der Waals surface area contributed by atoms with Gasteiger partial charge in [-0.2, -0.15) is 0 Å². The highest BCUT2D eigenvalue weighted by Crippen LogP contribution is 2.07. The minimum absolute atomic E-state index is 0.257. The number of rotatable bonds is 2. The van der Waals surface area contributed by atoms with E-state index in [0.29, 0.717) is 13.2 Å². The topological polar surface area (TPSA) is 68.3 Å². The van der Waals surface area contributed by atoms with Crippen LogP contribution >= 0.6 is 0 Å². The van der Waals surface area contributed by atoms with E-state index >= 15 is 0 Å². The highest BCUT2D eigenvalue weighted by molar-refractivity contribution is 5.74. The molecule has 2 amide bonds. The molecule has 0 atom stereocenters. The van der Waals surface area contributed by atoms with Crippen molar-refractivity contribution in [1.29, 1.82) is 0 Å². The second kappa shape index (κ2) is 6.95. The standard InChI is InChI=1S/C10H18N2O5/c1-3-16-9(13)11-5-7-15-8-6-12(11)10(14)17-4-2/h3-8H2,1-2H3. The summed E-state index contributed by atoms with van der Waals surface area (Å²) in [4.78, 5) is 23.3. The van der Waals surface area contributed by atoms with Gasteiger partial charge in [0.05, 0.1) is 39.5 Å². The molecular formula is C10H18N2O5. The molecule has 1 aliphatic heterocycles. The number of nitrogens with zero attached hydrogens (tertiary/aromatic N) is 2. The fourth-order valence-electron chi connectivity index (χ4n) is 1.42. The number of amides is 2. The Morgan fingerprint density at radius 1 is 1.00 bits per heavy atom. The second-order valence-electron chi connectivity index (χ2n) is 3.26. The zero-order valence-corrected chi connectivity index (χ0v) is 10.2. The summed E-state index contributed by atoms with van der Waals surface area (Å²) in [7, 11) is 0. The van der Waals surface area contributed by atoms with Crippen LogP contribution in [0.15, 0.2) is 0 Å². The fourth-order valence-corrected chi connectivity index (χ4v) is 1.42. The highest BCUT2D eigenvalue weighted by Gasteiger charge is 2.29. The molecule has 0 radical (unpaired) electrons. The normalized spacial score (nSPS) is 16.4. The molecule has 0 spiro atoms. The first kappa shape index (κ1) is 13.6. The summed E-state index contributed by atoms with van der Waals surface area (Å²) in [6.07, 6.45) is -1.13. The SMILES string of the molecule is CCOC(=O)N1CCOCCN1C(=O)OCC. The van der Waals surface area contributed by atoms with Crippen molar-refractivity contribution in [3.05, 3.63) is 0 Å².